The van der Waals surface area contributed by atoms with Gasteiger partial charge in [0.2, 0.25) is 5.16 Å². The Morgan fingerprint density at radius 2 is 2.15 bits per heavy atom. The number of hydrogen-bond donors (Lipinski definition) is 0. The van der Waals surface area contributed by atoms with Crippen molar-refractivity contribution in [2.45, 2.75) is 43.1 Å². The van der Waals surface area contributed by atoms with Gasteiger partial charge in [-0.1, -0.05) is 44.3 Å². The minimum Gasteiger partial charge on any atom is -0.294 e. The SMILES string of the molecule is CSc1nsc(S/C=C2\C(=O)[C@@]3(C)CC[C@H]2C3(C)C)n1. The van der Waals surface area contributed by atoms with Gasteiger partial charge in [0.25, 0.3) is 0 Å². The number of allylic oxidation sites excluding steroid dienone is 1. The molecule has 2 aliphatic carbocycles. The summed E-state index contributed by atoms with van der Waals surface area (Å²) in [5.74, 6) is 0.751. The highest BCUT2D eigenvalue weighted by molar-refractivity contribution is 8.03. The lowest BCUT2D eigenvalue weighted by molar-refractivity contribution is -0.125. The number of carbonyl (C=O) groups is 1. The number of ketones is 1. The third kappa shape index (κ3) is 1.91. The maximum absolute atomic E-state index is 12.7. The Labute approximate surface area is 132 Å². The molecular weight excluding hydrogens is 308 g/mol. The second-order valence-electron chi connectivity index (χ2n) is 6.21. The van der Waals surface area contributed by atoms with Crippen LogP contribution in [-0.4, -0.2) is 21.4 Å². The Morgan fingerprint density at radius 1 is 1.40 bits per heavy atom. The summed E-state index contributed by atoms with van der Waals surface area (Å²) in [5, 5.41) is 2.84. The standard InChI is InChI=1S/C14H18N2OS3/c1-13(2)9-5-6-14(13,3)10(17)8(9)7-19-12-15-11(18-4)16-20-12/h7,9H,5-6H2,1-4H3/b8-7-/t9-,14-/m1/s1. The Kier molecular flexibility index (Phi) is 3.54. The van der Waals surface area contributed by atoms with Crippen LogP contribution in [0.15, 0.2) is 20.5 Å². The molecule has 0 unspecified atom stereocenters. The molecule has 108 valence electrons. The summed E-state index contributed by atoms with van der Waals surface area (Å²) in [7, 11) is 0. The van der Waals surface area contributed by atoms with E-state index in [1.807, 2.05) is 11.7 Å². The monoisotopic (exact) mass is 326 g/mol. The van der Waals surface area contributed by atoms with Crippen LogP contribution < -0.4 is 0 Å². The summed E-state index contributed by atoms with van der Waals surface area (Å²) in [6, 6.07) is 0. The summed E-state index contributed by atoms with van der Waals surface area (Å²) in [4.78, 5) is 17.1. The van der Waals surface area contributed by atoms with Crippen molar-refractivity contribution in [1.29, 1.82) is 0 Å². The molecule has 0 radical (unpaired) electrons. The van der Waals surface area contributed by atoms with Gasteiger partial charge >= 0.3 is 0 Å². The average molecular weight is 327 g/mol. The van der Waals surface area contributed by atoms with Crippen molar-refractivity contribution in [3.63, 3.8) is 0 Å². The molecule has 6 heteroatoms. The third-order valence-corrected chi connectivity index (χ3v) is 7.58. The van der Waals surface area contributed by atoms with Crippen LogP contribution in [0.5, 0.6) is 0 Å². The molecule has 0 saturated heterocycles. The molecule has 1 heterocycles. The van der Waals surface area contributed by atoms with E-state index in [9.17, 15) is 4.79 Å². The van der Waals surface area contributed by atoms with Crippen LogP contribution in [0.1, 0.15) is 33.6 Å². The van der Waals surface area contributed by atoms with Crippen molar-refractivity contribution in [3.05, 3.63) is 11.0 Å². The smallest absolute Gasteiger partial charge is 0.200 e. The number of rotatable bonds is 3. The summed E-state index contributed by atoms with van der Waals surface area (Å²) >= 11 is 4.50. The Morgan fingerprint density at radius 3 is 2.70 bits per heavy atom. The molecule has 0 aromatic carbocycles. The average Bonchev–Trinajstić information content (AvgIpc) is 2.99. The highest BCUT2D eigenvalue weighted by atomic mass is 32.2. The first kappa shape index (κ1) is 14.6. The minimum atomic E-state index is -0.171. The molecule has 0 spiro atoms. The topological polar surface area (TPSA) is 42.9 Å². The van der Waals surface area contributed by atoms with Gasteiger partial charge in [-0.3, -0.25) is 4.79 Å². The molecule has 2 aliphatic rings. The molecular formula is C14H18N2OS3. The van der Waals surface area contributed by atoms with Crippen LogP contribution in [0.25, 0.3) is 0 Å². The van der Waals surface area contributed by atoms with Crippen molar-refractivity contribution >= 4 is 40.8 Å². The largest absolute Gasteiger partial charge is 0.294 e. The van der Waals surface area contributed by atoms with Gasteiger partial charge in [-0.15, -0.1) is 0 Å². The van der Waals surface area contributed by atoms with E-state index in [0.29, 0.717) is 11.7 Å². The lowest BCUT2D eigenvalue weighted by atomic mass is 9.70. The second kappa shape index (κ2) is 4.85. The Balaban J connectivity index is 1.85. The molecule has 2 saturated carbocycles. The fourth-order valence-electron chi connectivity index (χ4n) is 3.51. The minimum absolute atomic E-state index is 0.0854. The number of hydrogen-bond acceptors (Lipinski definition) is 6. The molecule has 0 amide bonds. The van der Waals surface area contributed by atoms with E-state index in [-0.39, 0.29) is 10.8 Å². The first-order valence-corrected chi connectivity index (χ1v) is 9.57. The van der Waals surface area contributed by atoms with E-state index in [2.05, 4.69) is 30.1 Å². The van der Waals surface area contributed by atoms with Crippen LogP contribution in [-0.2, 0) is 4.79 Å². The van der Waals surface area contributed by atoms with Crippen LogP contribution in [0.3, 0.4) is 0 Å². The predicted molar refractivity (Wildman–Crippen MR) is 85.2 cm³/mol. The van der Waals surface area contributed by atoms with Crippen molar-refractivity contribution in [2.75, 3.05) is 6.26 Å². The molecule has 2 atom stereocenters. The third-order valence-electron chi connectivity index (χ3n) is 5.22. The zero-order chi connectivity index (χ0) is 14.5. The molecule has 2 bridgehead atoms. The van der Waals surface area contributed by atoms with Gasteiger partial charge in [-0.25, -0.2) is 4.98 Å². The van der Waals surface area contributed by atoms with Gasteiger partial charge in [0.15, 0.2) is 10.1 Å². The zero-order valence-electron chi connectivity index (χ0n) is 12.1. The maximum atomic E-state index is 12.7. The number of thioether (sulfide) groups is 2. The fourth-order valence-corrected chi connectivity index (χ4v) is 5.60. The van der Waals surface area contributed by atoms with E-state index in [1.54, 1.807) is 23.5 Å². The molecule has 1 aromatic heterocycles. The normalized spacial score (nSPS) is 33.3. The van der Waals surface area contributed by atoms with Crippen molar-refractivity contribution in [3.8, 4) is 0 Å². The first-order valence-electron chi connectivity index (χ1n) is 6.69. The molecule has 20 heavy (non-hydrogen) atoms. The number of carbonyl (C=O) groups excluding carboxylic acids is 1. The number of aromatic nitrogens is 2. The molecule has 1 aromatic rings. The Bertz CT molecular complexity index is 593. The summed E-state index contributed by atoms with van der Waals surface area (Å²) < 4.78 is 5.16. The summed E-state index contributed by atoms with van der Waals surface area (Å²) in [5.41, 5.74) is 0.923. The van der Waals surface area contributed by atoms with Crippen LogP contribution in [0.4, 0.5) is 0 Å². The van der Waals surface area contributed by atoms with E-state index in [4.69, 9.17) is 0 Å². The summed E-state index contributed by atoms with van der Waals surface area (Å²) in [6.45, 7) is 6.62. The van der Waals surface area contributed by atoms with E-state index < -0.39 is 0 Å². The van der Waals surface area contributed by atoms with E-state index >= 15 is 0 Å². The highest BCUT2D eigenvalue weighted by Crippen LogP contribution is 2.65. The molecule has 0 N–H and O–H groups in total. The van der Waals surface area contributed by atoms with Crippen molar-refractivity contribution < 1.29 is 4.79 Å². The van der Waals surface area contributed by atoms with Crippen LogP contribution in [0.2, 0.25) is 0 Å². The van der Waals surface area contributed by atoms with Gasteiger partial charge in [0.05, 0.1) is 0 Å². The van der Waals surface area contributed by atoms with Gasteiger partial charge in [0.1, 0.15) is 0 Å². The first-order chi connectivity index (χ1) is 9.40. The van der Waals surface area contributed by atoms with Crippen molar-refractivity contribution in [1.82, 2.24) is 9.36 Å². The van der Waals surface area contributed by atoms with Gasteiger partial charge in [-0.2, -0.15) is 4.37 Å². The van der Waals surface area contributed by atoms with Gasteiger partial charge < -0.3 is 0 Å². The fraction of sp³-hybridized carbons (Fsp3) is 0.643. The summed E-state index contributed by atoms with van der Waals surface area (Å²) in [6.07, 6.45) is 4.13. The lowest BCUT2D eigenvalue weighted by Gasteiger charge is -2.31. The predicted octanol–water partition coefficient (Wildman–Crippen LogP) is 4.26. The van der Waals surface area contributed by atoms with Crippen LogP contribution >= 0.6 is 35.1 Å². The number of fused-ring (bicyclic) bond motifs is 2. The van der Waals surface area contributed by atoms with E-state index in [0.717, 1.165) is 27.9 Å². The Hall–Kier alpha value is -0.330. The number of Topliss-reactive ketones (excluding diaryl/α,β-unsaturated/α-hetero) is 1. The quantitative estimate of drug-likeness (QED) is 0.613. The second-order valence-corrected chi connectivity index (χ2v) is 8.85. The molecule has 3 rings (SSSR count). The molecule has 2 fully saturated rings. The number of nitrogens with zero attached hydrogens (tertiary/aromatic N) is 2. The van der Waals surface area contributed by atoms with Crippen LogP contribution in [0, 0.1) is 16.7 Å². The molecule has 0 aliphatic heterocycles. The van der Waals surface area contributed by atoms with Gasteiger partial charge in [0, 0.05) is 11.0 Å². The zero-order valence-corrected chi connectivity index (χ0v) is 14.5. The lowest BCUT2D eigenvalue weighted by Crippen LogP contribution is -2.32. The highest BCUT2D eigenvalue weighted by Gasteiger charge is 2.63. The van der Waals surface area contributed by atoms with Gasteiger partial charge in [-0.05, 0) is 47.4 Å². The molecule has 3 nitrogen and oxygen atoms in total. The van der Waals surface area contributed by atoms with Crippen molar-refractivity contribution in [2.24, 2.45) is 16.7 Å². The van der Waals surface area contributed by atoms with E-state index in [1.165, 1.54) is 11.5 Å². The maximum Gasteiger partial charge on any atom is 0.200 e.